The van der Waals surface area contributed by atoms with Crippen LogP contribution < -0.4 is 10.9 Å². The van der Waals surface area contributed by atoms with Gasteiger partial charge in [-0.25, -0.2) is 14.5 Å². The lowest BCUT2D eigenvalue weighted by Crippen LogP contribution is -2.27. The Kier molecular flexibility index (Phi) is 11.3. The fourth-order valence-electron chi connectivity index (χ4n) is 5.47. The summed E-state index contributed by atoms with van der Waals surface area (Å²) in [6.07, 6.45) is -2.94. The maximum atomic E-state index is 13.7. The third-order valence-corrected chi connectivity index (χ3v) is 8.28. The molecular weight excluding hydrogens is 740 g/mol. The predicted octanol–water partition coefficient (Wildman–Crippen LogP) is 5.40. The molecule has 0 saturated heterocycles. The molecule has 1 amide bonds. The Morgan fingerprint density at radius 2 is 1.79 bits per heavy atom. The molecule has 0 unspecified atom stereocenters. The molecule has 4 aromatic heterocycles. The third kappa shape index (κ3) is 8.88. The number of hydrogen-bond acceptors (Lipinski definition) is 9. The van der Waals surface area contributed by atoms with Gasteiger partial charge in [0.1, 0.15) is 0 Å². The molecular formula is C32H28ClF6N9O5. The van der Waals surface area contributed by atoms with Gasteiger partial charge < -0.3 is 15.5 Å². The minimum absolute atomic E-state index is 0.165. The third-order valence-electron chi connectivity index (χ3n) is 8.05. The van der Waals surface area contributed by atoms with Crippen LogP contribution in [0.4, 0.5) is 32.0 Å². The van der Waals surface area contributed by atoms with Gasteiger partial charge in [-0.05, 0) is 43.2 Å². The summed E-state index contributed by atoms with van der Waals surface area (Å²) in [6, 6.07) is 8.72. The number of carboxylic acid groups (broad SMARTS) is 1. The highest BCUT2D eigenvalue weighted by atomic mass is 35.5. The molecule has 0 saturated carbocycles. The standard InChI is InChI=1S/C30H27ClF3N9O3.C2HF3O2/c1-17-3-2-4-25(22-11-18(7-8-35-22)28-23(38-29(17)46)14-37-42(28)9-10-44)41-16-36-21(13-27(41)45)20-12-19(31)5-6-24(20)43-15-26(39-40-43)30(32,33)34;3-2(4,5)1(6)7/h5-8,11-17,25,44H,2-4,9-10H2,1H3,(H,38,46);(H,6,7)/t17-,25+;/m1./s1. The van der Waals surface area contributed by atoms with Gasteiger partial charge in [0.05, 0.1) is 66.4 Å². The topological polar surface area (TPSA) is 183 Å². The lowest BCUT2D eigenvalue weighted by Gasteiger charge is -2.22. The lowest BCUT2D eigenvalue weighted by atomic mass is 9.97. The normalized spacial score (nSPS) is 16.4. The largest absolute Gasteiger partial charge is 0.490 e. The number of carbonyl (C=O) groups excluding carboxylic acids is 1. The van der Waals surface area contributed by atoms with E-state index in [1.54, 1.807) is 23.1 Å². The number of alkyl halides is 6. The minimum Gasteiger partial charge on any atom is -0.475 e. The van der Waals surface area contributed by atoms with E-state index in [9.17, 15) is 41.0 Å². The van der Waals surface area contributed by atoms with Crippen LogP contribution >= 0.6 is 11.6 Å². The number of aliphatic hydroxyl groups excluding tert-OH is 1. The predicted molar refractivity (Wildman–Crippen MR) is 175 cm³/mol. The van der Waals surface area contributed by atoms with Crippen molar-refractivity contribution < 1.29 is 46.1 Å². The van der Waals surface area contributed by atoms with E-state index in [1.165, 1.54) is 35.2 Å². The van der Waals surface area contributed by atoms with Gasteiger partial charge in [-0.1, -0.05) is 30.2 Å². The van der Waals surface area contributed by atoms with Gasteiger partial charge in [0.2, 0.25) is 5.91 Å². The molecule has 0 fully saturated rings. The fraction of sp³-hybridized carbons (Fsp3) is 0.312. The number of benzene rings is 1. The Morgan fingerprint density at radius 3 is 2.43 bits per heavy atom. The van der Waals surface area contributed by atoms with Crippen molar-refractivity contribution in [1.29, 1.82) is 0 Å². The maximum Gasteiger partial charge on any atom is 0.490 e. The molecule has 5 heterocycles. The minimum atomic E-state index is -5.08. The van der Waals surface area contributed by atoms with E-state index in [2.05, 4.69) is 30.7 Å². The van der Waals surface area contributed by atoms with Crippen LogP contribution in [-0.4, -0.2) is 74.2 Å². The van der Waals surface area contributed by atoms with Gasteiger partial charge in [0.25, 0.3) is 5.56 Å². The number of aliphatic carboxylic acids is 1. The molecule has 0 spiro atoms. The van der Waals surface area contributed by atoms with Crippen molar-refractivity contribution in [3.05, 3.63) is 88.1 Å². The summed E-state index contributed by atoms with van der Waals surface area (Å²) in [5.41, 5.74) is 1.36. The van der Waals surface area contributed by atoms with Crippen LogP contribution in [0.25, 0.3) is 28.2 Å². The molecule has 6 rings (SSSR count). The molecule has 2 bridgehead atoms. The number of amides is 1. The number of aromatic nitrogens is 8. The van der Waals surface area contributed by atoms with E-state index < -0.39 is 35.6 Å². The molecule has 3 N–H and O–H groups in total. The molecule has 1 aliphatic heterocycles. The van der Waals surface area contributed by atoms with Gasteiger partial charge in [-0.3, -0.25) is 23.8 Å². The molecule has 5 aromatic rings. The van der Waals surface area contributed by atoms with Crippen molar-refractivity contribution >= 4 is 29.2 Å². The first-order chi connectivity index (χ1) is 25.0. The summed E-state index contributed by atoms with van der Waals surface area (Å²) in [5.74, 6) is -3.27. The zero-order valence-corrected chi connectivity index (χ0v) is 28.1. The number of rotatable bonds is 5. The zero-order chi connectivity index (χ0) is 38.7. The summed E-state index contributed by atoms with van der Waals surface area (Å²) in [6.45, 7) is 1.86. The van der Waals surface area contributed by atoms with E-state index in [4.69, 9.17) is 21.5 Å². The van der Waals surface area contributed by atoms with Crippen LogP contribution in [0.3, 0.4) is 0 Å². The van der Waals surface area contributed by atoms with Gasteiger partial charge in [-0.2, -0.15) is 31.4 Å². The molecule has 2 atom stereocenters. The summed E-state index contributed by atoms with van der Waals surface area (Å²) < 4.78 is 75.4. The van der Waals surface area contributed by atoms with Gasteiger partial charge in [-0.15, -0.1) is 5.10 Å². The van der Waals surface area contributed by atoms with Crippen molar-refractivity contribution in [2.75, 3.05) is 11.9 Å². The Balaban J connectivity index is 0.000000705. The van der Waals surface area contributed by atoms with E-state index in [0.29, 0.717) is 41.9 Å². The highest BCUT2D eigenvalue weighted by molar-refractivity contribution is 6.31. The molecule has 14 nitrogen and oxygen atoms in total. The number of pyridine rings is 1. The fourth-order valence-corrected chi connectivity index (χ4v) is 5.65. The van der Waals surface area contributed by atoms with Gasteiger partial charge in [0.15, 0.2) is 5.69 Å². The van der Waals surface area contributed by atoms with Crippen LogP contribution in [0.1, 0.15) is 43.6 Å². The second-order valence-electron chi connectivity index (χ2n) is 11.7. The highest BCUT2D eigenvalue weighted by Gasteiger charge is 2.38. The number of carbonyl (C=O) groups is 2. The van der Waals surface area contributed by atoms with Crippen molar-refractivity contribution in [3.63, 3.8) is 0 Å². The average molecular weight is 768 g/mol. The Labute approximate surface area is 299 Å². The van der Waals surface area contributed by atoms with E-state index >= 15 is 0 Å². The second-order valence-corrected chi connectivity index (χ2v) is 12.1. The summed E-state index contributed by atoms with van der Waals surface area (Å²) in [7, 11) is 0. The number of anilines is 1. The number of nitrogens with zero attached hydrogens (tertiary/aromatic N) is 8. The molecule has 0 radical (unpaired) electrons. The van der Waals surface area contributed by atoms with Gasteiger partial charge >= 0.3 is 18.3 Å². The average Bonchev–Trinajstić information content (AvgIpc) is 3.75. The van der Waals surface area contributed by atoms with Crippen LogP contribution in [0.5, 0.6) is 0 Å². The van der Waals surface area contributed by atoms with Gasteiger partial charge in [0, 0.05) is 34.3 Å². The first-order valence-electron chi connectivity index (χ1n) is 15.6. The highest BCUT2D eigenvalue weighted by Crippen LogP contribution is 2.34. The Morgan fingerprint density at radius 1 is 1.06 bits per heavy atom. The van der Waals surface area contributed by atoms with E-state index in [1.807, 2.05) is 13.0 Å². The van der Waals surface area contributed by atoms with Crippen molar-refractivity contribution in [2.45, 2.75) is 51.1 Å². The molecule has 1 aromatic carbocycles. The number of halogens is 7. The lowest BCUT2D eigenvalue weighted by molar-refractivity contribution is -0.192. The van der Waals surface area contributed by atoms with Crippen molar-refractivity contribution in [3.8, 4) is 28.2 Å². The summed E-state index contributed by atoms with van der Waals surface area (Å²) in [5, 5.41) is 31.2. The second kappa shape index (κ2) is 15.5. The Hall–Kier alpha value is -5.63. The van der Waals surface area contributed by atoms with E-state index in [-0.39, 0.29) is 46.9 Å². The van der Waals surface area contributed by atoms with Crippen LogP contribution in [0.15, 0.2) is 66.1 Å². The molecule has 0 aliphatic carbocycles. The quantitative estimate of drug-likeness (QED) is 0.196. The maximum absolute atomic E-state index is 13.7. The number of fused-ring (bicyclic) bond motifs is 4. The van der Waals surface area contributed by atoms with Crippen LogP contribution in [0, 0.1) is 5.92 Å². The molecule has 1 aliphatic rings. The SMILES string of the molecule is C[C@@H]1CCC[C@H](n2cnc(-c3cc(Cl)ccc3-n3cc(C(F)(F)F)nn3)cc2=O)c2cc(ccn2)-c2c(cnn2CCO)NC1=O.O=C(O)C(F)(F)F. The molecule has 21 heteroatoms. The summed E-state index contributed by atoms with van der Waals surface area (Å²) >= 11 is 6.24. The number of aliphatic hydroxyl groups is 1. The Bertz CT molecular complexity index is 2180. The molecule has 280 valence electrons. The smallest absolute Gasteiger partial charge is 0.475 e. The van der Waals surface area contributed by atoms with E-state index in [0.717, 1.165) is 10.9 Å². The first-order valence-corrected chi connectivity index (χ1v) is 16.0. The number of carboxylic acids is 1. The monoisotopic (exact) mass is 767 g/mol. The first kappa shape index (κ1) is 38.6. The number of hydrogen-bond donors (Lipinski definition) is 3. The van der Waals surface area contributed by atoms with Crippen molar-refractivity contribution in [2.24, 2.45) is 5.92 Å². The number of nitrogens with one attached hydrogen (secondary N) is 1. The summed E-state index contributed by atoms with van der Waals surface area (Å²) in [4.78, 5) is 44.8. The van der Waals surface area contributed by atoms with Crippen LogP contribution in [0.2, 0.25) is 5.02 Å². The zero-order valence-electron chi connectivity index (χ0n) is 27.3. The van der Waals surface area contributed by atoms with Crippen LogP contribution in [-0.2, 0) is 22.3 Å². The van der Waals surface area contributed by atoms with Crippen molar-refractivity contribution in [1.82, 2.24) is 39.3 Å². The molecule has 53 heavy (non-hydrogen) atoms.